The first-order chi connectivity index (χ1) is 23.8. The van der Waals surface area contributed by atoms with Crippen molar-refractivity contribution < 1.29 is 38.9 Å². The summed E-state index contributed by atoms with van der Waals surface area (Å²) in [5, 5.41) is 0. The molecule has 1 atom stereocenters. The number of aldehydes is 1. The van der Waals surface area contributed by atoms with Gasteiger partial charge in [-0.2, -0.15) is 0 Å². The Morgan fingerprint density at radius 2 is 1.29 bits per heavy atom. The van der Waals surface area contributed by atoms with Gasteiger partial charge in [-0.25, -0.2) is 0 Å². The van der Waals surface area contributed by atoms with Gasteiger partial charge in [-0.05, 0) is 94.3 Å². The zero-order valence-electron chi connectivity index (χ0n) is 33.4. The maximum atomic E-state index is 11.5. The molecule has 0 heterocycles. The summed E-state index contributed by atoms with van der Waals surface area (Å²) in [5.41, 5.74) is 8.00. The van der Waals surface area contributed by atoms with Crippen molar-refractivity contribution in [2.24, 2.45) is 5.73 Å². The molecule has 0 saturated heterocycles. The SMILES string of the molecule is CCCCOc1cccc(CCCCC(=O)N(C)C)c1.CCCOc1cccc(CCN)c1.CCOC(C)C(=O)N(C)C.CN(C)C(=O)C=O.Cl.O. The van der Waals surface area contributed by atoms with Gasteiger partial charge in [0.2, 0.25) is 12.2 Å². The molecule has 0 spiro atoms. The largest absolute Gasteiger partial charge is 0.494 e. The number of likely N-dealkylation sites (N-methyl/N-ethyl adjacent to an activating group) is 2. The van der Waals surface area contributed by atoms with Crippen molar-refractivity contribution in [3.05, 3.63) is 59.7 Å². The predicted octanol–water partition coefficient (Wildman–Crippen LogP) is 5.01. The summed E-state index contributed by atoms with van der Waals surface area (Å²) in [6.45, 7) is 10.7. The van der Waals surface area contributed by atoms with Crippen LogP contribution >= 0.6 is 12.4 Å². The van der Waals surface area contributed by atoms with Crippen molar-refractivity contribution in [1.29, 1.82) is 0 Å². The molecule has 0 fully saturated rings. The topological polar surface area (TPSA) is 163 Å². The fourth-order valence-corrected chi connectivity index (χ4v) is 3.92. The van der Waals surface area contributed by atoms with Crippen LogP contribution in [0.1, 0.15) is 77.3 Å². The summed E-state index contributed by atoms with van der Waals surface area (Å²) in [7, 11) is 10.1. The Morgan fingerprint density at radius 3 is 1.69 bits per heavy atom. The van der Waals surface area contributed by atoms with E-state index in [1.807, 2.05) is 31.2 Å². The number of carbonyl (C=O) groups excluding carboxylic acids is 4. The van der Waals surface area contributed by atoms with Gasteiger partial charge in [-0.15, -0.1) is 12.4 Å². The first kappa shape index (κ1) is 55.1. The molecule has 2 aromatic rings. The minimum atomic E-state index is -0.500. The number of unbranched alkanes of at least 4 members (excludes halogenated alkanes) is 2. The molecule has 1 unspecified atom stereocenters. The molecule has 0 radical (unpaired) electrons. The van der Waals surface area contributed by atoms with Crippen molar-refractivity contribution in [3.8, 4) is 11.5 Å². The Labute approximate surface area is 320 Å². The molecule has 0 aliphatic heterocycles. The number of hydrogen-bond acceptors (Lipinski definition) is 8. The molecule has 0 aliphatic carbocycles. The van der Waals surface area contributed by atoms with E-state index in [4.69, 9.17) is 19.9 Å². The van der Waals surface area contributed by atoms with Gasteiger partial charge in [-0.1, -0.05) is 44.5 Å². The molecule has 52 heavy (non-hydrogen) atoms. The van der Waals surface area contributed by atoms with Gasteiger partial charge in [0.15, 0.2) is 0 Å². The lowest BCUT2D eigenvalue weighted by Crippen LogP contribution is -2.33. The standard InChI is InChI=1S/C17H27NO2.C11H17NO.C7H15NO2.C4H7NO2.ClH.H2O/c1-4-5-13-20-16-11-8-10-15(14-16)9-6-7-12-17(19)18(2)3;1-2-8-13-11-5-3-4-10(9-11)6-7-12;1-5-10-6(2)7(9)8(3)4;1-5(2)4(7)3-6;;/h8,10-11,14H,4-7,9,12-13H2,1-3H3;3-5,9H,2,6-8,12H2,1H3;6H,5H2,1-4H3;3H,1-2H3;1H;1H2. The molecular formula is C39H69ClN4O8. The number of nitrogens with two attached hydrogens (primary N) is 1. The van der Waals surface area contributed by atoms with E-state index in [1.165, 1.54) is 35.0 Å². The van der Waals surface area contributed by atoms with E-state index in [0.717, 1.165) is 69.7 Å². The fraction of sp³-hybridized carbons (Fsp3) is 0.590. The van der Waals surface area contributed by atoms with Crippen molar-refractivity contribution in [3.63, 3.8) is 0 Å². The van der Waals surface area contributed by atoms with Gasteiger partial charge >= 0.3 is 0 Å². The van der Waals surface area contributed by atoms with E-state index < -0.39 is 5.91 Å². The normalized spacial score (nSPS) is 9.98. The van der Waals surface area contributed by atoms with Gasteiger partial charge in [0.1, 0.15) is 17.6 Å². The minimum absolute atomic E-state index is 0. The van der Waals surface area contributed by atoms with Gasteiger partial charge < -0.3 is 40.1 Å². The third-order valence-electron chi connectivity index (χ3n) is 6.82. The van der Waals surface area contributed by atoms with Crippen molar-refractivity contribution >= 4 is 36.4 Å². The first-order valence-corrected chi connectivity index (χ1v) is 17.6. The lowest BCUT2D eigenvalue weighted by Gasteiger charge is -2.15. The summed E-state index contributed by atoms with van der Waals surface area (Å²) < 4.78 is 16.3. The van der Waals surface area contributed by atoms with Crippen molar-refractivity contribution in [2.45, 2.75) is 85.2 Å². The lowest BCUT2D eigenvalue weighted by atomic mass is 10.1. The maximum Gasteiger partial charge on any atom is 0.286 e. The third kappa shape index (κ3) is 30.0. The second-order valence-electron chi connectivity index (χ2n) is 12.1. The summed E-state index contributed by atoms with van der Waals surface area (Å²) in [5.74, 6) is 1.64. The van der Waals surface area contributed by atoms with Crippen LogP contribution in [-0.2, 0) is 36.8 Å². The summed E-state index contributed by atoms with van der Waals surface area (Å²) >= 11 is 0. The highest BCUT2D eigenvalue weighted by Gasteiger charge is 2.13. The Bertz CT molecular complexity index is 1200. The Hall–Kier alpha value is -3.71. The van der Waals surface area contributed by atoms with Crippen LogP contribution in [0.5, 0.6) is 11.5 Å². The van der Waals surface area contributed by atoms with Gasteiger partial charge in [-0.3, -0.25) is 19.2 Å². The van der Waals surface area contributed by atoms with Gasteiger partial charge in [0.25, 0.3) is 11.8 Å². The molecular weight excluding hydrogens is 688 g/mol. The van der Waals surface area contributed by atoms with Crippen LogP contribution in [-0.4, -0.2) is 119 Å². The number of halogens is 1. The summed E-state index contributed by atoms with van der Waals surface area (Å²) in [6, 6.07) is 16.4. The molecule has 2 aromatic carbocycles. The quantitative estimate of drug-likeness (QED) is 0.126. The highest BCUT2D eigenvalue weighted by molar-refractivity contribution is 6.23. The zero-order valence-corrected chi connectivity index (χ0v) is 34.3. The average Bonchev–Trinajstić information content (AvgIpc) is 3.09. The number of aryl methyl sites for hydroxylation is 1. The second-order valence-corrected chi connectivity index (χ2v) is 12.1. The number of hydrogen-bond donors (Lipinski definition) is 1. The zero-order chi connectivity index (χ0) is 38.3. The van der Waals surface area contributed by atoms with Crippen LogP contribution in [0.3, 0.4) is 0 Å². The molecule has 0 saturated carbocycles. The van der Waals surface area contributed by atoms with Crippen LogP contribution in [0.15, 0.2) is 48.5 Å². The third-order valence-corrected chi connectivity index (χ3v) is 6.82. The number of ether oxygens (including phenoxy) is 3. The van der Waals surface area contributed by atoms with Gasteiger partial charge in [0, 0.05) is 55.3 Å². The van der Waals surface area contributed by atoms with Crippen LogP contribution in [0.4, 0.5) is 0 Å². The van der Waals surface area contributed by atoms with Crippen LogP contribution in [0.2, 0.25) is 0 Å². The number of nitrogens with zero attached hydrogens (tertiary/aromatic N) is 3. The number of carbonyl (C=O) groups is 4. The van der Waals surface area contributed by atoms with Crippen molar-refractivity contribution in [2.75, 3.05) is 68.7 Å². The molecule has 12 nitrogen and oxygen atoms in total. The van der Waals surface area contributed by atoms with E-state index >= 15 is 0 Å². The van der Waals surface area contributed by atoms with Crippen LogP contribution < -0.4 is 15.2 Å². The monoisotopic (exact) mass is 756 g/mol. The highest BCUT2D eigenvalue weighted by Crippen LogP contribution is 2.16. The first-order valence-electron chi connectivity index (χ1n) is 17.6. The minimum Gasteiger partial charge on any atom is -0.494 e. The van der Waals surface area contributed by atoms with E-state index in [0.29, 0.717) is 19.6 Å². The molecule has 4 N–H and O–H groups in total. The number of benzene rings is 2. The molecule has 2 rings (SSSR count). The summed E-state index contributed by atoms with van der Waals surface area (Å²) in [6.07, 6.45) is 7.81. The van der Waals surface area contributed by atoms with E-state index in [1.54, 1.807) is 40.0 Å². The van der Waals surface area contributed by atoms with E-state index in [9.17, 15) is 19.2 Å². The van der Waals surface area contributed by atoms with Crippen LogP contribution in [0, 0.1) is 0 Å². The molecule has 13 heteroatoms. The molecule has 3 amide bonds. The van der Waals surface area contributed by atoms with E-state index in [2.05, 4.69) is 38.1 Å². The molecule has 0 bridgehead atoms. The maximum absolute atomic E-state index is 11.5. The number of amides is 3. The van der Waals surface area contributed by atoms with Gasteiger partial charge in [0.05, 0.1) is 13.2 Å². The Balaban J connectivity index is -0.000000313. The molecule has 0 aromatic heterocycles. The summed E-state index contributed by atoms with van der Waals surface area (Å²) in [4.78, 5) is 46.5. The Morgan fingerprint density at radius 1 is 0.750 bits per heavy atom. The molecule has 0 aliphatic rings. The van der Waals surface area contributed by atoms with E-state index in [-0.39, 0.29) is 42.1 Å². The van der Waals surface area contributed by atoms with Crippen molar-refractivity contribution in [1.82, 2.24) is 14.7 Å². The lowest BCUT2D eigenvalue weighted by molar-refractivity contribution is -0.139. The fourth-order valence-electron chi connectivity index (χ4n) is 3.92. The molecule has 300 valence electrons. The number of rotatable bonds is 18. The second kappa shape index (κ2) is 35.7. The van der Waals surface area contributed by atoms with Crippen LogP contribution in [0.25, 0.3) is 0 Å². The Kier molecular flexibility index (Phi) is 37.8. The predicted molar refractivity (Wildman–Crippen MR) is 213 cm³/mol. The average molecular weight is 757 g/mol. The smallest absolute Gasteiger partial charge is 0.286 e. The highest BCUT2D eigenvalue weighted by atomic mass is 35.5.